The summed E-state index contributed by atoms with van der Waals surface area (Å²) >= 11 is 1.28. The van der Waals surface area contributed by atoms with E-state index in [4.69, 9.17) is 15.9 Å². The zero-order valence-electron chi connectivity index (χ0n) is 18.9. The molecule has 178 valence electrons. The van der Waals surface area contributed by atoms with Crippen LogP contribution in [0.4, 0.5) is 5.69 Å². The average molecular weight is 508 g/mol. The van der Waals surface area contributed by atoms with Gasteiger partial charge in [-0.15, -0.1) is 6.42 Å². The molecular weight excluding hydrogens is 486 g/mol. The van der Waals surface area contributed by atoms with E-state index in [-0.39, 0.29) is 22.7 Å². The van der Waals surface area contributed by atoms with E-state index in [0.717, 1.165) is 10.2 Å². The van der Waals surface area contributed by atoms with Crippen molar-refractivity contribution in [3.63, 3.8) is 0 Å². The van der Waals surface area contributed by atoms with Gasteiger partial charge in [0.25, 0.3) is 15.9 Å². The molecule has 10 heteroatoms. The Morgan fingerprint density at radius 3 is 2.46 bits per heavy atom. The van der Waals surface area contributed by atoms with Crippen LogP contribution in [-0.2, 0) is 16.6 Å². The van der Waals surface area contributed by atoms with Gasteiger partial charge in [0.05, 0.1) is 35.9 Å². The number of methoxy groups -OCH3 is 2. The van der Waals surface area contributed by atoms with Gasteiger partial charge in [-0.2, -0.15) is 4.99 Å². The zero-order valence-corrected chi connectivity index (χ0v) is 20.5. The highest BCUT2D eigenvalue weighted by Gasteiger charge is 2.16. The van der Waals surface area contributed by atoms with Crippen molar-refractivity contribution in [3.8, 4) is 23.8 Å². The summed E-state index contributed by atoms with van der Waals surface area (Å²) in [5.74, 6) is 3.12. The van der Waals surface area contributed by atoms with Crippen LogP contribution in [-0.4, -0.2) is 33.1 Å². The van der Waals surface area contributed by atoms with E-state index in [1.165, 1.54) is 36.6 Å². The first-order chi connectivity index (χ1) is 16.9. The molecule has 1 heterocycles. The maximum absolute atomic E-state index is 13.0. The summed E-state index contributed by atoms with van der Waals surface area (Å²) in [6.45, 7) is 0.193. The van der Waals surface area contributed by atoms with Crippen molar-refractivity contribution in [3.05, 3.63) is 77.1 Å². The number of carbonyl (C=O) groups excluding carboxylic acids is 1. The quantitative estimate of drug-likeness (QED) is 0.383. The van der Waals surface area contributed by atoms with E-state index < -0.39 is 15.9 Å². The Bertz CT molecular complexity index is 1610. The van der Waals surface area contributed by atoms with Crippen molar-refractivity contribution in [1.29, 1.82) is 0 Å². The average Bonchev–Trinajstić information content (AvgIpc) is 3.19. The SMILES string of the molecule is C#CCn1c(=NC(=O)c2cccc(NS(=O)(=O)c3ccccc3)c2)sc2cc(OC)c(OC)cc21. The lowest BCUT2D eigenvalue weighted by Crippen LogP contribution is -2.17. The Hall–Kier alpha value is -4.07. The number of hydrogen-bond acceptors (Lipinski definition) is 6. The van der Waals surface area contributed by atoms with Crippen molar-refractivity contribution < 1.29 is 22.7 Å². The van der Waals surface area contributed by atoms with Gasteiger partial charge in [0.1, 0.15) is 0 Å². The molecule has 0 fully saturated rings. The van der Waals surface area contributed by atoms with Crippen LogP contribution in [0, 0.1) is 12.3 Å². The maximum Gasteiger partial charge on any atom is 0.279 e. The topological polar surface area (TPSA) is 99.0 Å². The molecule has 0 saturated heterocycles. The maximum atomic E-state index is 13.0. The lowest BCUT2D eigenvalue weighted by atomic mass is 10.2. The number of hydrogen-bond donors (Lipinski definition) is 1. The fraction of sp³-hybridized carbons (Fsp3) is 0.120. The van der Waals surface area contributed by atoms with Crippen LogP contribution in [0.5, 0.6) is 11.5 Å². The molecule has 0 saturated carbocycles. The summed E-state index contributed by atoms with van der Waals surface area (Å²) < 4.78 is 41.1. The summed E-state index contributed by atoms with van der Waals surface area (Å²) in [7, 11) is -0.720. The summed E-state index contributed by atoms with van der Waals surface area (Å²) in [5.41, 5.74) is 1.22. The Kier molecular flexibility index (Phi) is 6.91. The van der Waals surface area contributed by atoms with Crippen molar-refractivity contribution in [1.82, 2.24) is 4.57 Å². The van der Waals surface area contributed by atoms with E-state index in [1.54, 1.807) is 60.2 Å². The first-order valence-corrected chi connectivity index (χ1v) is 12.6. The Morgan fingerprint density at radius 2 is 1.77 bits per heavy atom. The van der Waals surface area contributed by atoms with Gasteiger partial charge >= 0.3 is 0 Å². The molecule has 1 aromatic heterocycles. The molecule has 1 N–H and O–H groups in total. The molecule has 35 heavy (non-hydrogen) atoms. The second-order valence-electron chi connectivity index (χ2n) is 7.27. The number of amides is 1. The predicted molar refractivity (Wildman–Crippen MR) is 135 cm³/mol. The second-order valence-corrected chi connectivity index (χ2v) is 9.96. The molecule has 0 bridgehead atoms. The number of rotatable bonds is 7. The van der Waals surface area contributed by atoms with Crippen LogP contribution < -0.4 is 19.0 Å². The number of thiazole rings is 1. The monoisotopic (exact) mass is 507 g/mol. The Labute approximate surface area is 206 Å². The van der Waals surface area contributed by atoms with Crippen molar-refractivity contribution in [2.24, 2.45) is 4.99 Å². The van der Waals surface area contributed by atoms with Gasteiger partial charge in [-0.3, -0.25) is 9.52 Å². The molecular formula is C25H21N3O5S2. The predicted octanol–water partition coefficient (Wildman–Crippen LogP) is 3.90. The lowest BCUT2D eigenvalue weighted by Gasteiger charge is -2.08. The second kappa shape index (κ2) is 10.0. The van der Waals surface area contributed by atoms with Gasteiger partial charge in [-0.05, 0) is 30.3 Å². The van der Waals surface area contributed by atoms with Crippen LogP contribution in [0.1, 0.15) is 10.4 Å². The number of sulfonamides is 1. The van der Waals surface area contributed by atoms with Gasteiger partial charge in [0.2, 0.25) is 0 Å². The van der Waals surface area contributed by atoms with Crippen molar-refractivity contribution in [2.45, 2.75) is 11.4 Å². The normalized spacial score (nSPS) is 11.7. The van der Waals surface area contributed by atoms with Crippen LogP contribution in [0.2, 0.25) is 0 Å². The number of nitrogens with zero attached hydrogens (tertiary/aromatic N) is 2. The summed E-state index contributed by atoms with van der Waals surface area (Å²) in [4.78, 5) is 17.8. The van der Waals surface area contributed by atoms with Gasteiger partial charge in [-0.25, -0.2) is 8.42 Å². The summed E-state index contributed by atoms with van der Waals surface area (Å²) in [5, 5.41) is 0. The fourth-order valence-corrected chi connectivity index (χ4v) is 5.52. The third kappa shape index (κ3) is 5.06. The molecule has 1 amide bonds. The number of benzene rings is 3. The third-order valence-corrected chi connectivity index (χ3v) is 7.49. The molecule has 0 spiro atoms. The highest BCUT2D eigenvalue weighted by Crippen LogP contribution is 2.33. The highest BCUT2D eigenvalue weighted by atomic mass is 32.2. The number of anilines is 1. The van der Waals surface area contributed by atoms with Gasteiger partial charge < -0.3 is 14.0 Å². The zero-order chi connectivity index (χ0) is 25.0. The number of terminal acetylenes is 1. The minimum Gasteiger partial charge on any atom is -0.493 e. The number of ether oxygens (including phenoxy) is 2. The lowest BCUT2D eigenvalue weighted by molar-refractivity contribution is 0.0998. The number of nitrogens with one attached hydrogen (secondary N) is 1. The largest absolute Gasteiger partial charge is 0.493 e. The number of carbonyl (C=O) groups is 1. The third-order valence-electron chi connectivity index (χ3n) is 5.05. The molecule has 0 radical (unpaired) electrons. The Balaban J connectivity index is 1.72. The van der Waals surface area contributed by atoms with E-state index in [9.17, 15) is 13.2 Å². The Morgan fingerprint density at radius 1 is 1.06 bits per heavy atom. The minimum absolute atomic E-state index is 0.118. The molecule has 0 atom stereocenters. The van der Waals surface area contributed by atoms with Gasteiger partial charge in [0.15, 0.2) is 16.3 Å². The van der Waals surface area contributed by atoms with Crippen LogP contribution in [0.3, 0.4) is 0 Å². The van der Waals surface area contributed by atoms with Gasteiger partial charge in [0, 0.05) is 23.4 Å². The van der Waals surface area contributed by atoms with E-state index >= 15 is 0 Å². The molecule has 0 aliphatic heterocycles. The van der Waals surface area contributed by atoms with Crippen molar-refractivity contribution >= 4 is 43.2 Å². The number of fused-ring (bicyclic) bond motifs is 1. The smallest absolute Gasteiger partial charge is 0.279 e. The molecule has 3 aromatic carbocycles. The summed E-state index contributed by atoms with van der Waals surface area (Å²) in [6, 6.07) is 17.7. The van der Waals surface area contributed by atoms with E-state index in [1.807, 2.05) is 0 Å². The summed E-state index contributed by atoms with van der Waals surface area (Å²) in [6.07, 6.45) is 5.56. The standard InChI is InChI=1S/C25H21N3O5S2/c1-4-13-28-20-15-21(32-2)22(33-3)16-23(20)34-25(28)26-24(29)17-9-8-10-18(14-17)27-35(30,31)19-11-6-5-7-12-19/h1,5-12,14-16,27H,13H2,2-3H3. The molecule has 0 unspecified atom stereocenters. The molecule has 8 nitrogen and oxygen atoms in total. The van der Waals surface area contributed by atoms with Crippen LogP contribution in [0.25, 0.3) is 10.2 Å². The molecule has 4 rings (SSSR count). The van der Waals surface area contributed by atoms with Crippen LogP contribution in [0.15, 0.2) is 76.6 Å². The van der Waals surface area contributed by atoms with Crippen molar-refractivity contribution in [2.75, 3.05) is 18.9 Å². The van der Waals surface area contributed by atoms with Crippen LogP contribution >= 0.6 is 11.3 Å². The number of aromatic nitrogens is 1. The van der Waals surface area contributed by atoms with Gasteiger partial charge in [-0.1, -0.05) is 41.5 Å². The molecule has 0 aliphatic carbocycles. The first kappa shape index (κ1) is 24.1. The minimum atomic E-state index is -3.80. The first-order valence-electron chi connectivity index (χ1n) is 10.3. The highest BCUT2D eigenvalue weighted by molar-refractivity contribution is 7.92. The fourth-order valence-electron chi connectivity index (χ4n) is 3.41. The molecule has 4 aromatic rings. The van der Waals surface area contributed by atoms with E-state index in [0.29, 0.717) is 16.3 Å². The molecule has 0 aliphatic rings. The van der Waals surface area contributed by atoms with E-state index in [2.05, 4.69) is 15.6 Å².